The zero-order valence-electron chi connectivity index (χ0n) is 7.20. The maximum Gasteiger partial charge on any atom is 0.0968 e. The standard InChI is InChI=1S/C8H12N4/c1-6-4-3-5-7-8(6)10-11(2)12(7)9/h3-5,10H,9H2,1-2H3. The Morgan fingerprint density at radius 3 is 2.83 bits per heavy atom. The predicted octanol–water partition coefficient (Wildman–Crippen LogP) is 0.862. The number of nitrogens with two attached hydrogens (primary N) is 1. The highest BCUT2D eigenvalue weighted by molar-refractivity contribution is 5.75. The van der Waals surface area contributed by atoms with Gasteiger partial charge in [-0.1, -0.05) is 12.1 Å². The highest BCUT2D eigenvalue weighted by atomic mass is 15.9. The Hall–Kier alpha value is -1.26. The smallest absolute Gasteiger partial charge is 0.0968 e. The molecular weight excluding hydrogens is 152 g/mol. The van der Waals surface area contributed by atoms with Gasteiger partial charge in [-0.3, -0.25) is 5.43 Å². The highest BCUT2D eigenvalue weighted by Crippen LogP contribution is 2.33. The van der Waals surface area contributed by atoms with E-state index in [-0.39, 0.29) is 0 Å². The molecule has 0 spiro atoms. The van der Waals surface area contributed by atoms with Gasteiger partial charge in [0.05, 0.1) is 11.4 Å². The van der Waals surface area contributed by atoms with Crippen LogP contribution in [0.4, 0.5) is 11.4 Å². The molecule has 0 unspecified atom stereocenters. The van der Waals surface area contributed by atoms with Crippen LogP contribution in [0.1, 0.15) is 5.56 Å². The van der Waals surface area contributed by atoms with Gasteiger partial charge >= 0.3 is 0 Å². The van der Waals surface area contributed by atoms with E-state index < -0.39 is 0 Å². The summed E-state index contributed by atoms with van der Waals surface area (Å²) in [5.41, 5.74) is 6.45. The molecule has 0 bridgehead atoms. The van der Waals surface area contributed by atoms with E-state index in [0.717, 1.165) is 11.4 Å². The molecule has 0 saturated carbocycles. The Labute approximate surface area is 71.5 Å². The van der Waals surface area contributed by atoms with Gasteiger partial charge in [-0.15, -0.1) is 5.12 Å². The molecular formula is C8H12N4. The minimum atomic E-state index is 1.01. The monoisotopic (exact) mass is 164 g/mol. The van der Waals surface area contributed by atoms with Crippen LogP contribution in [0.5, 0.6) is 0 Å². The number of anilines is 2. The molecule has 64 valence electrons. The maximum atomic E-state index is 5.76. The van der Waals surface area contributed by atoms with Crippen LogP contribution in [0.25, 0.3) is 0 Å². The molecule has 1 aromatic rings. The van der Waals surface area contributed by atoms with Crippen LogP contribution < -0.4 is 16.4 Å². The Bertz CT molecular complexity index is 310. The molecule has 12 heavy (non-hydrogen) atoms. The van der Waals surface area contributed by atoms with Crippen molar-refractivity contribution in [2.45, 2.75) is 6.92 Å². The first-order valence-electron chi connectivity index (χ1n) is 3.85. The quantitative estimate of drug-likeness (QED) is 0.558. The van der Waals surface area contributed by atoms with Gasteiger partial charge in [-0.05, 0) is 18.6 Å². The Morgan fingerprint density at radius 1 is 1.42 bits per heavy atom. The molecule has 2 rings (SSSR count). The first-order valence-corrected chi connectivity index (χ1v) is 3.85. The normalized spacial score (nSPS) is 16.1. The van der Waals surface area contributed by atoms with Crippen molar-refractivity contribution in [1.82, 2.24) is 5.12 Å². The summed E-state index contributed by atoms with van der Waals surface area (Å²) in [6.45, 7) is 2.05. The van der Waals surface area contributed by atoms with E-state index >= 15 is 0 Å². The topological polar surface area (TPSA) is 44.5 Å². The second-order valence-corrected chi connectivity index (χ2v) is 2.95. The fourth-order valence-electron chi connectivity index (χ4n) is 1.37. The number of rotatable bonds is 0. The SMILES string of the molecule is Cc1cccc2c1NN(C)N2N. The Morgan fingerprint density at radius 2 is 2.17 bits per heavy atom. The summed E-state index contributed by atoms with van der Waals surface area (Å²) in [5, 5.41) is 3.33. The number of hydrogen-bond acceptors (Lipinski definition) is 4. The van der Waals surface area contributed by atoms with Gasteiger partial charge in [0.2, 0.25) is 0 Å². The maximum absolute atomic E-state index is 5.76. The molecule has 0 aromatic heterocycles. The van der Waals surface area contributed by atoms with Crippen LogP contribution >= 0.6 is 0 Å². The molecule has 0 radical (unpaired) electrons. The molecule has 0 fully saturated rings. The van der Waals surface area contributed by atoms with Crippen molar-refractivity contribution in [2.24, 2.45) is 5.84 Å². The summed E-state index contributed by atoms with van der Waals surface area (Å²) in [4.78, 5) is 0. The minimum absolute atomic E-state index is 1.01. The number of hydrazine groups is 3. The highest BCUT2D eigenvalue weighted by Gasteiger charge is 2.21. The first-order chi connectivity index (χ1) is 5.70. The average molecular weight is 164 g/mol. The van der Waals surface area contributed by atoms with Crippen molar-refractivity contribution < 1.29 is 0 Å². The fraction of sp³-hybridized carbons (Fsp3) is 0.250. The average Bonchev–Trinajstić information content (AvgIpc) is 2.32. The van der Waals surface area contributed by atoms with Crippen molar-refractivity contribution in [3.63, 3.8) is 0 Å². The lowest BCUT2D eigenvalue weighted by Crippen LogP contribution is -2.43. The number of fused-ring (bicyclic) bond motifs is 1. The number of nitrogens with zero attached hydrogens (tertiary/aromatic N) is 2. The van der Waals surface area contributed by atoms with E-state index in [2.05, 4.69) is 18.4 Å². The number of para-hydroxylation sites is 1. The third-order valence-electron chi connectivity index (χ3n) is 2.09. The summed E-state index contributed by atoms with van der Waals surface area (Å²) in [6, 6.07) is 6.03. The predicted molar refractivity (Wildman–Crippen MR) is 49.2 cm³/mol. The van der Waals surface area contributed by atoms with Gasteiger partial charge in [0.15, 0.2) is 0 Å². The molecule has 1 aromatic carbocycles. The minimum Gasteiger partial charge on any atom is -0.298 e. The van der Waals surface area contributed by atoms with Crippen LogP contribution in [0, 0.1) is 6.92 Å². The Balaban J connectivity index is 2.53. The molecule has 4 nitrogen and oxygen atoms in total. The summed E-state index contributed by atoms with van der Waals surface area (Å²) in [7, 11) is 1.87. The molecule has 1 aliphatic heterocycles. The molecule has 0 atom stereocenters. The molecule has 1 heterocycles. The molecule has 0 saturated heterocycles. The lowest BCUT2D eigenvalue weighted by Gasteiger charge is -2.18. The van der Waals surface area contributed by atoms with Crippen molar-refractivity contribution in [3.8, 4) is 0 Å². The molecule has 4 heteroatoms. The van der Waals surface area contributed by atoms with Gasteiger partial charge in [0.25, 0.3) is 0 Å². The van der Waals surface area contributed by atoms with Gasteiger partial charge < -0.3 is 0 Å². The zero-order valence-corrected chi connectivity index (χ0v) is 7.20. The largest absolute Gasteiger partial charge is 0.298 e. The summed E-state index contributed by atoms with van der Waals surface area (Å²) < 4.78 is 0. The first kappa shape index (κ1) is 7.39. The Kier molecular flexibility index (Phi) is 1.46. The van der Waals surface area contributed by atoms with Crippen LogP contribution in [-0.2, 0) is 0 Å². The number of aryl methyl sites for hydroxylation is 1. The molecule has 3 N–H and O–H groups in total. The van der Waals surface area contributed by atoms with Crippen molar-refractivity contribution in [2.75, 3.05) is 17.6 Å². The summed E-state index contributed by atoms with van der Waals surface area (Å²) in [5.74, 6) is 5.76. The van der Waals surface area contributed by atoms with Gasteiger partial charge in [0, 0.05) is 7.05 Å². The third kappa shape index (κ3) is 0.855. The molecule has 1 aliphatic rings. The van der Waals surface area contributed by atoms with E-state index in [1.807, 2.05) is 19.2 Å². The molecule has 0 amide bonds. The van der Waals surface area contributed by atoms with E-state index in [0.29, 0.717) is 0 Å². The van der Waals surface area contributed by atoms with E-state index in [1.54, 1.807) is 10.2 Å². The number of hydrogen-bond donors (Lipinski definition) is 2. The summed E-state index contributed by atoms with van der Waals surface area (Å²) >= 11 is 0. The lowest BCUT2D eigenvalue weighted by atomic mass is 10.2. The second kappa shape index (κ2) is 2.36. The third-order valence-corrected chi connectivity index (χ3v) is 2.09. The fourth-order valence-corrected chi connectivity index (χ4v) is 1.37. The lowest BCUT2D eigenvalue weighted by molar-refractivity contribution is 0.391. The van der Waals surface area contributed by atoms with Gasteiger partial charge in [-0.25, -0.2) is 11.0 Å². The number of nitrogens with one attached hydrogen (secondary N) is 1. The van der Waals surface area contributed by atoms with Crippen molar-refractivity contribution >= 4 is 11.4 Å². The van der Waals surface area contributed by atoms with E-state index in [9.17, 15) is 0 Å². The van der Waals surface area contributed by atoms with Crippen LogP contribution in [-0.4, -0.2) is 12.2 Å². The summed E-state index contributed by atoms with van der Waals surface area (Å²) in [6.07, 6.45) is 0. The zero-order chi connectivity index (χ0) is 8.72. The van der Waals surface area contributed by atoms with E-state index in [1.165, 1.54) is 5.56 Å². The van der Waals surface area contributed by atoms with E-state index in [4.69, 9.17) is 5.84 Å². The van der Waals surface area contributed by atoms with Crippen LogP contribution in [0.15, 0.2) is 18.2 Å². The number of benzene rings is 1. The second-order valence-electron chi connectivity index (χ2n) is 2.95. The molecule has 0 aliphatic carbocycles. The van der Waals surface area contributed by atoms with Gasteiger partial charge in [0.1, 0.15) is 0 Å². The van der Waals surface area contributed by atoms with Crippen molar-refractivity contribution in [3.05, 3.63) is 23.8 Å². The van der Waals surface area contributed by atoms with Crippen LogP contribution in [0.2, 0.25) is 0 Å². The van der Waals surface area contributed by atoms with Gasteiger partial charge in [-0.2, -0.15) is 0 Å². The van der Waals surface area contributed by atoms with Crippen molar-refractivity contribution in [1.29, 1.82) is 0 Å². The van der Waals surface area contributed by atoms with Crippen LogP contribution in [0.3, 0.4) is 0 Å².